The number of aromatic nitrogens is 2. The minimum atomic E-state index is 0.500. The first-order valence-electron chi connectivity index (χ1n) is 5.71. The SMILES string of the molecule is Cc1cc(CC2(CBr)CCCC2)n(C)n1. The summed E-state index contributed by atoms with van der Waals surface area (Å²) < 4.78 is 2.04. The third-order valence-corrected chi connectivity index (χ3v) is 4.79. The smallest absolute Gasteiger partial charge is 0.0596 e. The summed E-state index contributed by atoms with van der Waals surface area (Å²) in [6.07, 6.45) is 6.69. The second-order valence-corrected chi connectivity index (χ2v) is 5.48. The molecule has 0 radical (unpaired) electrons. The van der Waals surface area contributed by atoms with E-state index in [-0.39, 0.29) is 0 Å². The Bertz CT molecular complexity index is 337. The average Bonchev–Trinajstić information content (AvgIpc) is 2.76. The van der Waals surface area contributed by atoms with Crippen molar-refractivity contribution in [2.45, 2.75) is 39.0 Å². The lowest BCUT2D eigenvalue weighted by Gasteiger charge is -2.26. The van der Waals surface area contributed by atoms with Crippen molar-refractivity contribution in [1.82, 2.24) is 9.78 Å². The van der Waals surface area contributed by atoms with Crippen molar-refractivity contribution in [1.29, 1.82) is 0 Å². The molecule has 0 aliphatic heterocycles. The molecule has 0 amide bonds. The molecule has 1 aliphatic carbocycles. The van der Waals surface area contributed by atoms with Crippen LogP contribution < -0.4 is 0 Å². The van der Waals surface area contributed by atoms with E-state index in [9.17, 15) is 0 Å². The zero-order valence-electron chi connectivity index (χ0n) is 9.59. The van der Waals surface area contributed by atoms with Gasteiger partial charge in [-0.05, 0) is 37.7 Å². The largest absolute Gasteiger partial charge is 0.272 e. The van der Waals surface area contributed by atoms with Crippen molar-refractivity contribution in [2.75, 3.05) is 5.33 Å². The van der Waals surface area contributed by atoms with Crippen molar-refractivity contribution >= 4 is 15.9 Å². The second kappa shape index (κ2) is 4.28. The molecule has 0 spiro atoms. The standard InChI is InChI=1S/C12H19BrN2/c1-10-7-11(15(2)14-10)8-12(9-13)5-3-4-6-12/h7H,3-6,8-9H2,1-2H3. The molecule has 2 rings (SSSR count). The zero-order chi connectivity index (χ0) is 10.9. The van der Waals surface area contributed by atoms with E-state index in [4.69, 9.17) is 0 Å². The van der Waals surface area contributed by atoms with Gasteiger partial charge in [-0.3, -0.25) is 4.68 Å². The molecule has 84 valence electrons. The highest BCUT2D eigenvalue weighted by Gasteiger charge is 2.33. The van der Waals surface area contributed by atoms with Crippen LogP contribution in [0.25, 0.3) is 0 Å². The highest BCUT2D eigenvalue weighted by atomic mass is 79.9. The number of alkyl halides is 1. The monoisotopic (exact) mass is 270 g/mol. The van der Waals surface area contributed by atoms with E-state index in [0.29, 0.717) is 5.41 Å². The Labute approximate surface area is 100 Å². The van der Waals surface area contributed by atoms with Gasteiger partial charge in [-0.1, -0.05) is 28.8 Å². The first-order valence-corrected chi connectivity index (χ1v) is 6.83. The molecular weight excluding hydrogens is 252 g/mol. The summed E-state index contributed by atoms with van der Waals surface area (Å²) in [6, 6.07) is 2.22. The summed E-state index contributed by atoms with van der Waals surface area (Å²) in [7, 11) is 2.05. The van der Waals surface area contributed by atoms with Crippen LogP contribution in [0.15, 0.2) is 6.07 Å². The van der Waals surface area contributed by atoms with Crippen molar-refractivity contribution in [3.63, 3.8) is 0 Å². The number of hydrogen-bond donors (Lipinski definition) is 0. The lowest BCUT2D eigenvalue weighted by atomic mass is 9.84. The molecular formula is C12H19BrN2. The van der Waals surface area contributed by atoms with Gasteiger partial charge in [0.2, 0.25) is 0 Å². The maximum absolute atomic E-state index is 4.42. The minimum absolute atomic E-state index is 0.500. The number of aryl methyl sites for hydroxylation is 2. The van der Waals surface area contributed by atoms with Crippen molar-refractivity contribution in [2.24, 2.45) is 12.5 Å². The lowest BCUT2D eigenvalue weighted by Crippen LogP contribution is -2.22. The van der Waals surface area contributed by atoms with Crippen molar-refractivity contribution in [3.05, 3.63) is 17.5 Å². The summed E-state index contributed by atoms with van der Waals surface area (Å²) in [6.45, 7) is 2.07. The first-order chi connectivity index (χ1) is 7.15. The van der Waals surface area contributed by atoms with Crippen LogP contribution in [0.4, 0.5) is 0 Å². The molecule has 1 aliphatic rings. The summed E-state index contributed by atoms with van der Waals surface area (Å²) in [5.41, 5.74) is 3.02. The number of halogens is 1. The van der Waals surface area contributed by atoms with E-state index in [1.165, 1.54) is 37.8 Å². The number of rotatable bonds is 3. The number of nitrogens with zero attached hydrogens (tertiary/aromatic N) is 2. The third kappa shape index (κ3) is 2.27. The van der Waals surface area contributed by atoms with Gasteiger partial charge in [0, 0.05) is 18.1 Å². The van der Waals surface area contributed by atoms with Gasteiger partial charge in [0.05, 0.1) is 5.69 Å². The second-order valence-electron chi connectivity index (χ2n) is 4.92. The molecule has 15 heavy (non-hydrogen) atoms. The van der Waals surface area contributed by atoms with Gasteiger partial charge < -0.3 is 0 Å². The Morgan fingerprint density at radius 1 is 1.47 bits per heavy atom. The molecule has 0 bridgehead atoms. The van der Waals surface area contributed by atoms with E-state index < -0.39 is 0 Å². The van der Waals surface area contributed by atoms with Gasteiger partial charge in [0.1, 0.15) is 0 Å². The Hall–Kier alpha value is -0.310. The summed E-state index contributed by atoms with van der Waals surface area (Å²) >= 11 is 3.69. The quantitative estimate of drug-likeness (QED) is 0.772. The average molecular weight is 271 g/mol. The molecule has 0 atom stereocenters. The fourth-order valence-corrected chi connectivity index (χ4v) is 3.46. The Morgan fingerprint density at radius 2 is 2.13 bits per heavy atom. The predicted octanol–water partition coefficient (Wildman–Crippen LogP) is 3.23. The molecule has 0 saturated heterocycles. The summed E-state index contributed by atoms with van der Waals surface area (Å²) in [5.74, 6) is 0. The van der Waals surface area contributed by atoms with Gasteiger partial charge in [0.25, 0.3) is 0 Å². The van der Waals surface area contributed by atoms with E-state index >= 15 is 0 Å². The van der Waals surface area contributed by atoms with Gasteiger partial charge in [0.15, 0.2) is 0 Å². The highest BCUT2D eigenvalue weighted by Crippen LogP contribution is 2.42. The van der Waals surface area contributed by atoms with E-state index in [1.807, 2.05) is 4.68 Å². The first kappa shape index (κ1) is 11.2. The van der Waals surface area contributed by atoms with Gasteiger partial charge in [-0.2, -0.15) is 5.10 Å². The van der Waals surface area contributed by atoms with E-state index in [0.717, 1.165) is 11.0 Å². The van der Waals surface area contributed by atoms with Gasteiger partial charge >= 0.3 is 0 Å². The fourth-order valence-electron chi connectivity index (χ4n) is 2.70. The van der Waals surface area contributed by atoms with Crippen LogP contribution in [0, 0.1) is 12.3 Å². The summed E-state index contributed by atoms with van der Waals surface area (Å²) in [5, 5.41) is 5.55. The van der Waals surface area contributed by atoms with Gasteiger partial charge in [-0.25, -0.2) is 0 Å². The minimum Gasteiger partial charge on any atom is -0.272 e. The molecule has 0 N–H and O–H groups in total. The van der Waals surface area contributed by atoms with Crippen molar-refractivity contribution in [3.8, 4) is 0 Å². The molecule has 0 aromatic carbocycles. The maximum atomic E-state index is 4.42. The molecule has 1 heterocycles. The van der Waals surface area contributed by atoms with Crippen LogP contribution in [-0.2, 0) is 13.5 Å². The summed E-state index contributed by atoms with van der Waals surface area (Å²) in [4.78, 5) is 0. The molecule has 1 aromatic rings. The molecule has 0 unspecified atom stereocenters. The van der Waals surface area contributed by atoms with Crippen LogP contribution in [-0.4, -0.2) is 15.1 Å². The molecule has 2 nitrogen and oxygen atoms in total. The van der Waals surface area contributed by atoms with Crippen LogP contribution >= 0.6 is 15.9 Å². The third-order valence-electron chi connectivity index (χ3n) is 3.60. The maximum Gasteiger partial charge on any atom is 0.0596 e. The normalized spacial score (nSPS) is 19.7. The van der Waals surface area contributed by atoms with Crippen LogP contribution in [0.3, 0.4) is 0 Å². The van der Waals surface area contributed by atoms with E-state index in [1.54, 1.807) is 0 Å². The predicted molar refractivity (Wildman–Crippen MR) is 66.3 cm³/mol. The Morgan fingerprint density at radius 3 is 2.60 bits per heavy atom. The van der Waals surface area contributed by atoms with Crippen LogP contribution in [0.2, 0.25) is 0 Å². The van der Waals surface area contributed by atoms with Crippen LogP contribution in [0.5, 0.6) is 0 Å². The molecule has 1 saturated carbocycles. The molecule has 3 heteroatoms. The van der Waals surface area contributed by atoms with Crippen LogP contribution in [0.1, 0.15) is 37.1 Å². The molecule has 1 fully saturated rings. The highest BCUT2D eigenvalue weighted by molar-refractivity contribution is 9.09. The van der Waals surface area contributed by atoms with Crippen molar-refractivity contribution < 1.29 is 0 Å². The van der Waals surface area contributed by atoms with Gasteiger partial charge in [-0.15, -0.1) is 0 Å². The van der Waals surface area contributed by atoms with E-state index in [2.05, 4.69) is 41.1 Å². The Balaban J connectivity index is 2.16. The zero-order valence-corrected chi connectivity index (χ0v) is 11.2. The lowest BCUT2D eigenvalue weighted by molar-refractivity contribution is 0.337. The fraction of sp³-hybridized carbons (Fsp3) is 0.750. The number of hydrogen-bond acceptors (Lipinski definition) is 1. The Kier molecular flexibility index (Phi) is 3.19. The molecule has 1 aromatic heterocycles. The topological polar surface area (TPSA) is 17.8 Å².